The fraction of sp³-hybridized carbons (Fsp3) is 0.250. The summed E-state index contributed by atoms with van der Waals surface area (Å²) in [5.41, 5.74) is 4.12. The molecule has 1 heterocycles. The summed E-state index contributed by atoms with van der Waals surface area (Å²) in [5.74, 6) is 0.970. The maximum Gasteiger partial charge on any atom is 0.131 e. The Balaban J connectivity index is 2.19. The Morgan fingerprint density at radius 3 is 2.75 bits per heavy atom. The Hall–Kier alpha value is -1.86. The van der Waals surface area contributed by atoms with Gasteiger partial charge in [0.1, 0.15) is 5.82 Å². The number of nitriles is 1. The SMILES string of the molecule is Cc1cc(CBr)cnc1N(C)Cc1cccc(C#N)c1. The minimum Gasteiger partial charge on any atom is -0.355 e. The van der Waals surface area contributed by atoms with E-state index in [9.17, 15) is 0 Å². The molecule has 0 aliphatic heterocycles. The fourth-order valence-corrected chi connectivity index (χ4v) is 2.49. The van der Waals surface area contributed by atoms with Crippen molar-refractivity contribution >= 4 is 21.7 Å². The molecule has 0 N–H and O–H groups in total. The van der Waals surface area contributed by atoms with Crippen molar-refractivity contribution < 1.29 is 0 Å². The summed E-state index contributed by atoms with van der Waals surface area (Å²) in [6.07, 6.45) is 1.89. The van der Waals surface area contributed by atoms with Gasteiger partial charge in [-0.15, -0.1) is 0 Å². The standard InChI is InChI=1S/C16H16BrN3/c1-12-6-15(8-17)10-19-16(12)20(2)11-14-5-3-4-13(7-14)9-18/h3-7,10H,8,11H2,1-2H3. The molecule has 20 heavy (non-hydrogen) atoms. The van der Waals surface area contributed by atoms with Crippen LogP contribution in [-0.4, -0.2) is 12.0 Å². The molecule has 102 valence electrons. The third-order valence-electron chi connectivity index (χ3n) is 3.10. The summed E-state index contributed by atoms with van der Waals surface area (Å²) in [7, 11) is 2.02. The molecule has 0 radical (unpaired) electrons. The van der Waals surface area contributed by atoms with E-state index in [0.29, 0.717) is 5.56 Å². The summed E-state index contributed by atoms with van der Waals surface area (Å²) in [6.45, 7) is 2.80. The molecular formula is C16H16BrN3. The van der Waals surface area contributed by atoms with Gasteiger partial charge >= 0.3 is 0 Å². The van der Waals surface area contributed by atoms with Crippen LogP contribution in [0.2, 0.25) is 0 Å². The van der Waals surface area contributed by atoms with Gasteiger partial charge in [0.15, 0.2) is 0 Å². The molecule has 0 saturated heterocycles. The molecule has 0 amide bonds. The van der Waals surface area contributed by atoms with Crippen molar-refractivity contribution in [1.29, 1.82) is 5.26 Å². The third kappa shape index (κ3) is 3.37. The largest absolute Gasteiger partial charge is 0.355 e. The van der Waals surface area contributed by atoms with Crippen LogP contribution in [0, 0.1) is 18.3 Å². The number of halogens is 1. The number of rotatable bonds is 4. The second kappa shape index (κ2) is 6.53. The van der Waals surface area contributed by atoms with E-state index >= 15 is 0 Å². The summed E-state index contributed by atoms with van der Waals surface area (Å²) >= 11 is 3.44. The van der Waals surface area contributed by atoms with Crippen LogP contribution in [-0.2, 0) is 11.9 Å². The number of anilines is 1. The van der Waals surface area contributed by atoms with Gasteiger partial charge in [0.2, 0.25) is 0 Å². The molecule has 0 saturated carbocycles. The smallest absolute Gasteiger partial charge is 0.131 e. The zero-order chi connectivity index (χ0) is 14.5. The normalized spacial score (nSPS) is 10.1. The molecule has 2 rings (SSSR count). The zero-order valence-corrected chi connectivity index (χ0v) is 13.2. The number of alkyl halides is 1. The first-order valence-corrected chi connectivity index (χ1v) is 7.48. The Morgan fingerprint density at radius 1 is 1.30 bits per heavy atom. The Labute approximate surface area is 128 Å². The van der Waals surface area contributed by atoms with Crippen LogP contribution >= 0.6 is 15.9 Å². The van der Waals surface area contributed by atoms with Gasteiger partial charge in [-0.2, -0.15) is 5.26 Å². The molecule has 3 nitrogen and oxygen atoms in total. The molecule has 0 aliphatic carbocycles. The van der Waals surface area contributed by atoms with Gasteiger partial charge in [-0.25, -0.2) is 4.98 Å². The highest BCUT2D eigenvalue weighted by molar-refractivity contribution is 9.08. The maximum atomic E-state index is 8.93. The Morgan fingerprint density at radius 2 is 2.10 bits per heavy atom. The topological polar surface area (TPSA) is 39.9 Å². The van der Waals surface area contributed by atoms with Crippen molar-refractivity contribution in [2.24, 2.45) is 0 Å². The zero-order valence-electron chi connectivity index (χ0n) is 11.6. The van der Waals surface area contributed by atoms with E-state index in [-0.39, 0.29) is 0 Å². The van der Waals surface area contributed by atoms with Crippen LogP contribution in [0.5, 0.6) is 0 Å². The van der Waals surface area contributed by atoms with Crippen LogP contribution in [0.25, 0.3) is 0 Å². The molecule has 0 spiro atoms. The monoisotopic (exact) mass is 329 g/mol. The summed E-state index contributed by atoms with van der Waals surface area (Å²) in [4.78, 5) is 6.62. The van der Waals surface area contributed by atoms with Gasteiger partial charge in [-0.05, 0) is 35.7 Å². The minimum absolute atomic E-state index is 0.690. The first-order valence-electron chi connectivity index (χ1n) is 6.35. The lowest BCUT2D eigenvalue weighted by Crippen LogP contribution is -2.19. The van der Waals surface area contributed by atoms with Crippen molar-refractivity contribution in [1.82, 2.24) is 4.98 Å². The van der Waals surface area contributed by atoms with E-state index in [2.05, 4.69) is 44.9 Å². The average Bonchev–Trinajstić information content (AvgIpc) is 2.47. The Kier molecular flexibility index (Phi) is 4.75. The lowest BCUT2D eigenvalue weighted by Gasteiger charge is -2.20. The lowest BCUT2D eigenvalue weighted by molar-refractivity contribution is 0.888. The molecule has 1 aromatic heterocycles. The molecule has 0 bridgehead atoms. The van der Waals surface area contributed by atoms with E-state index in [0.717, 1.165) is 28.8 Å². The summed E-state index contributed by atoms with van der Waals surface area (Å²) in [6, 6.07) is 12.0. The van der Waals surface area contributed by atoms with E-state index in [1.807, 2.05) is 37.5 Å². The van der Waals surface area contributed by atoms with E-state index in [1.165, 1.54) is 5.56 Å². The lowest BCUT2D eigenvalue weighted by atomic mass is 10.1. The quantitative estimate of drug-likeness (QED) is 0.801. The van der Waals surface area contributed by atoms with Gasteiger partial charge in [-0.3, -0.25) is 0 Å². The molecular weight excluding hydrogens is 314 g/mol. The molecule has 4 heteroatoms. The number of hydrogen-bond donors (Lipinski definition) is 0. The maximum absolute atomic E-state index is 8.93. The van der Waals surface area contributed by atoms with Crippen molar-refractivity contribution in [3.05, 3.63) is 58.8 Å². The van der Waals surface area contributed by atoms with Gasteiger partial charge in [-0.1, -0.05) is 34.1 Å². The molecule has 0 atom stereocenters. The van der Waals surface area contributed by atoms with Crippen molar-refractivity contribution in [2.75, 3.05) is 11.9 Å². The molecule has 2 aromatic rings. The van der Waals surface area contributed by atoms with E-state index in [1.54, 1.807) is 0 Å². The Bertz CT molecular complexity index is 646. The van der Waals surface area contributed by atoms with Crippen molar-refractivity contribution in [3.8, 4) is 6.07 Å². The predicted molar refractivity (Wildman–Crippen MR) is 84.9 cm³/mol. The van der Waals surface area contributed by atoms with Crippen LogP contribution < -0.4 is 4.90 Å². The van der Waals surface area contributed by atoms with E-state index < -0.39 is 0 Å². The van der Waals surface area contributed by atoms with Gasteiger partial charge in [0.05, 0.1) is 11.6 Å². The van der Waals surface area contributed by atoms with E-state index in [4.69, 9.17) is 5.26 Å². The molecule has 0 unspecified atom stereocenters. The molecule has 1 aromatic carbocycles. The number of pyridine rings is 1. The highest BCUT2D eigenvalue weighted by atomic mass is 79.9. The average molecular weight is 330 g/mol. The number of aromatic nitrogens is 1. The molecule has 0 fully saturated rings. The first-order chi connectivity index (χ1) is 9.63. The third-order valence-corrected chi connectivity index (χ3v) is 3.75. The highest BCUT2D eigenvalue weighted by Gasteiger charge is 2.08. The summed E-state index contributed by atoms with van der Waals surface area (Å²) in [5, 5.41) is 9.75. The van der Waals surface area contributed by atoms with Gasteiger partial charge < -0.3 is 4.90 Å². The highest BCUT2D eigenvalue weighted by Crippen LogP contribution is 2.20. The number of hydrogen-bond acceptors (Lipinski definition) is 3. The van der Waals surface area contributed by atoms with Crippen molar-refractivity contribution in [2.45, 2.75) is 18.8 Å². The number of benzene rings is 1. The van der Waals surface area contributed by atoms with Crippen LogP contribution in [0.15, 0.2) is 36.5 Å². The van der Waals surface area contributed by atoms with Gasteiger partial charge in [0, 0.05) is 25.1 Å². The fourth-order valence-electron chi connectivity index (χ4n) is 2.19. The number of aryl methyl sites for hydroxylation is 1. The number of nitrogens with zero attached hydrogens (tertiary/aromatic N) is 3. The molecule has 0 aliphatic rings. The summed E-state index contributed by atoms with van der Waals surface area (Å²) < 4.78 is 0. The van der Waals surface area contributed by atoms with Crippen LogP contribution in [0.4, 0.5) is 5.82 Å². The second-order valence-corrected chi connectivity index (χ2v) is 5.35. The van der Waals surface area contributed by atoms with Crippen LogP contribution in [0.1, 0.15) is 22.3 Å². The second-order valence-electron chi connectivity index (χ2n) is 4.79. The van der Waals surface area contributed by atoms with Gasteiger partial charge in [0.25, 0.3) is 0 Å². The van der Waals surface area contributed by atoms with Crippen molar-refractivity contribution in [3.63, 3.8) is 0 Å². The van der Waals surface area contributed by atoms with Crippen LogP contribution in [0.3, 0.4) is 0 Å². The minimum atomic E-state index is 0.690. The predicted octanol–water partition coefficient (Wildman–Crippen LogP) is 3.79. The first kappa shape index (κ1) is 14.5.